The van der Waals surface area contributed by atoms with Gasteiger partial charge in [0.05, 0.1) is 17.2 Å². The Bertz CT molecular complexity index is 982. The lowest BCUT2D eigenvalue weighted by Crippen LogP contribution is -2.44. The lowest BCUT2D eigenvalue weighted by atomic mass is 9.92. The summed E-state index contributed by atoms with van der Waals surface area (Å²) >= 11 is 6.38. The summed E-state index contributed by atoms with van der Waals surface area (Å²) in [7, 11) is 1.70. The largest absolute Gasteiger partial charge is 0.489 e. The predicted octanol–water partition coefficient (Wildman–Crippen LogP) is 4.72. The van der Waals surface area contributed by atoms with Gasteiger partial charge >= 0.3 is 6.03 Å². The first-order valence-corrected chi connectivity index (χ1v) is 10.6. The number of rotatable bonds is 4. The molecule has 2 fully saturated rings. The van der Waals surface area contributed by atoms with E-state index in [1.54, 1.807) is 25.3 Å². The third-order valence-electron chi connectivity index (χ3n) is 6.44. The molecule has 30 heavy (non-hydrogen) atoms. The number of halogens is 2. The summed E-state index contributed by atoms with van der Waals surface area (Å²) in [6.45, 7) is 0. The van der Waals surface area contributed by atoms with E-state index in [4.69, 9.17) is 21.1 Å². The minimum Gasteiger partial charge on any atom is -0.489 e. The van der Waals surface area contributed by atoms with Crippen LogP contribution in [0.5, 0.6) is 5.75 Å². The number of carbonyl (C=O) groups excluding carboxylic acids is 1. The molecule has 0 unspecified atom stereocenters. The van der Waals surface area contributed by atoms with E-state index < -0.39 is 5.95 Å². The maximum atomic E-state index is 14.1. The van der Waals surface area contributed by atoms with Crippen LogP contribution in [-0.2, 0) is 11.2 Å². The first kappa shape index (κ1) is 19.6. The first-order valence-electron chi connectivity index (χ1n) is 10.2. The standard InChI is InChI=1S/C22H23ClFN3O3/c1-29-14-10-15(11-14)30-20-5-2-12(8-18(20)23)26-22(28)27-13-3-4-19(27)16-6-7-25-21(24)17(16)9-13/h2,5-8,13-15,19H,3-4,9-11H2,1H3,(H,26,28)/t13-,14-,15-,19+/m0/s1. The van der Waals surface area contributed by atoms with Crippen LogP contribution in [0.4, 0.5) is 14.9 Å². The van der Waals surface area contributed by atoms with Gasteiger partial charge in [0.25, 0.3) is 0 Å². The van der Waals surface area contributed by atoms with Gasteiger partial charge in [-0.2, -0.15) is 4.39 Å². The topological polar surface area (TPSA) is 63.7 Å². The van der Waals surface area contributed by atoms with Gasteiger partial charge in [-0.3, -0.25) is 0 Å². The zero-order chi connectivity index (χ0) is 20.8. The summed E-state index contributed by atoms with van der Waals surface area (Å²) in [6, 6.07) is 6.74. The van der Waals surface area contributed by atoms with Crippen molar-refractivity contribution in [3.8, 4) is 5.75 Å². The van der Waals surface area contributed by atoms with Gasteiger partial charge in [-0.25, -0.2) is 9.78 Å². The Hall–Kier alpha value is -2.38. The number of aromatic nitrogens is 1. The molecule has 5 rings (SSSR count). The second-order valence-electron chi connectivity index (χ2n) is 8.17. The van der Waals surface area contributed by atoms with Crippen LogP contribution in [0.1, 0.15) is 42.9 Å². The Balaban J connectivity index is 1.27. The fourth-order valence-corrected chi connectivity index (χ4v) is 5.00. The Labute approximate surface area is 179 Å². The lowest BCUT2D eigenvalue weighted by Gasteiger charge is -2.36. The number of pyridine rings is 1. The van der Waals surface area contributed by atoms with Crippen LogP contribution >= 0.6 is 11.6 Å². The quantitative estimate of drug-likeness (QED) is 0.711. The molecule has 158 valence electrons. The Morgan fingerprint density at radius 1 is 1.27 bits per heavy atom. The fraction of sp³-hybridized carbons (Fsp3) is 0.455. The van der Waals surface area contributed by atoms with Crippen molar-refractivity contribution in [3.63, 3.8) is 0 Å². The van der Waals surface area contributed by atoms with Crippen molar-refractivity contribution >= 4 is 23.3 Å². The van der Waals surface area contributed by atoms with Crippen LogP contribution in [-0.4, -0.2) is 41.3 Å². The molecule has 1 N–H and O–H groups in total. The fourth-order valence-electron chi connectivity index (χ4n) is 4.77. The molecule has 1 aliphatic carbocycles. The van der Waals surface area contributed by atoms with E-state index in [-0.39, 0.29) is 30.3 Å². The number of amides is 2. The molecule has 1 aromatic carbocycles. The number of ether oxygens (including phenoxy) is 2. The second-order valence-corrected chi connectivity index (χ2v) is 8.58. The first-order chi connectivity index (χ1) is 14.5. The summed E-state index contributed by atoms with van der Waals surface area (Å²) in [5.74, 6) is 0.180. The maximum Gasteiger partial charge on any atom is 0.322 e. The number of fused-ring (bicyclic) bond motifs is 4. The summed E-state index contributed by atoms with van der Waals surface area (Å²) in [6.07, 6.45) is 5.69. The number of hydrogen-bond acceptors (Lipinski definition) is 4. The zero-order valence-corrected chi connectivity index (χ0v) is 17.4. The molecule has 0 radical (unpaired) electrons. The third-order valence-corrected chi connectivity index (χ3v) is 6.73. The summed E-state index contributed by atoms with van der Waals surface area (Å²) in [5.41, 5.74) is 2.11. The summed E-state index contributed by atoms with van der Waals surface area (Å²) in [4.78, 5) is 18.6. The van der Waals surface area contributed by atoms with E-state index in [0.29, 0.717) is 28.4 Å². The van der Waals surface area contributed by atoms with Crippen LogP contribution in [0, 0.1) is 5.95 Å². The minimum absolute atomic E-state index is 0.0216. The van der Waals surface area contributed by atoms with Gasteiger partial charge in [0, 0.05) is 43.4 Å². The second kappa shape index (κ2) is 7.71. The predicted molar refractivity (Wildman–Crippen MR) is 110 cm³/mol. The van der Waals surface area contributed by atoms with Crippen molar-refractivity contribution in [3.05, 3.63) is 52.6 Å². The smallest absolute Gasteiger partial charge is 0.322 e. The molecule has 2 aromatic rings. The SMILES string of the molecule is CO[C@H]1C[C@H](Oc2ccc(NC(=O)N3[C@H]4CC[C@@H]3c3ccnc(F)c3C4)cc2Cl)C1. The highest BCUT2D eigenvalue weighted by Crippen LogP contribution is 2.44. The Morgan fingerprint density at radius 3 is 2.87 bits per heavy atom. The molecular formula is C22H23ClFN3O3. The number of carbonyl (C=O) groups is 1. The number of nitrogens with one attached hydrogen (secondary N) is 1. The van der Waals surface area contributed by atoms with E-state index in [1.807, 2.05) is 11.0 Å². The highest BCUT2D eigenvalue weighted by molar-refractivity contribution is 6.32. The molecule has 3 heterocycles. The molecule has 2 atom stereocenters. The summed E-state index contributed by atoms with van der Waals surface area (Å²) in [5, 5.41) is 3.39. The van der Waals surface area contributed by atoms with Crippen LogP contribution in [0.3, 0.4) is 0 Å². The Kier molecular flexibility index (Phi) is 5.03. The highest BCUT2D eigenvalue weighted by Gasteiger charge is 2.43. The maximum absolute atomic E-state index is 14.1. The molecule has 1 saturated heterocycles. The minimum atomic E-state index is -0.421. The van der Waals surface area contributed by atoms with E-state index in [0.717, 1.165) is 31.2 Å². The Morgan fingerprint density at radius 2 is 2.10 bits per heavy atom. The average Bonchev–Trinajstić information content (AvgIpc) is 3.01. The molecule has 2 amide bonds. The highest BCUT2D eigenvalue weighted by atomic mass is 35.5. The normalized spacial score (nSPS) is 26.7. The molecular weight excluding hydrogens is 409 g/mol. The molecule has 3 aliphatic rings. The molecule has 8 heteroatoms. The number of benzene rings is 1. The van der Waals surface area contributed by atoms with Gasteiger partial charge in [0.1, 0.15) is 11.9 Å². The molecule has 0 spiro atoms. The van der Waals surface area contributed by atoms with Crippen molar-refractivity contribution in [2.75, 3.05) is 12.4 Å². The van der Waals surface area contributed by atoms with Gasteiger partial charge in [-0.15, -0.1) is 0 Å². The van der Waals surface area contributed by atoms with Gasteiger partial charge in [0.15, 0.2) is 0 Å². The van der Waals surface area contributed by atoms with Crippen molar-refractivity contribution in [2.45, 2.75) is 56.4 Å². The third kappa shape index (κ3) is 3.40. The van der Waals surface area contributed by atoms with E-state index in [1.165, 1.54) is 6.20 Å². The van der Waals surface area contributed by atoms with E-state index in [9.17, 15) is 9.18 Å². The van der Waals surface area contributed by atoms with Crippen LogP contribution in [0.15, 0.2) is 30.5 Å². The number of urea groups is 1. The van der Waals surface area contributed by atoms with Crippen molar-refractivity contribution in [1.82, 2.24) is 9.88 Å². The number of nitrogens with zero attached hydrogens (tertiary/aromatic N) is 2. The van der Waals surface area contributed by atoms with Crippen molar-refractivity contribution < 1.29 is 18.7 Å². The zero-order valence-electron chi connectivity index (χ0n) is 16.6. The number of methoxy groups -OCH3 is 1. The summed E-state index contributed by atoms with van der Waals surface area (Å²) < 4.78 is 25.3. The number of hydrogen-bond donors (Lipinski definition) is 1. The van der Waals surface area contributed by atoms with Gasteiger partial charge < -0.3 is 19.7 Å². The van der Waals surface area contributed by atoms with Gasteiger partial charge in [-0.1, -0.05) is 11.6 Å². The van der Waals surface area contributed by atoms with Crippen molar-refractivity contribution in [2.24, 2.45) is 0 Å². The molecule has 1 aromatic heterocycles. The van der Waals surface area contributed by atoms with E-state index in [2.05, 4.69) is 10.3 Å². The van der Waals surface area contributed by atoms with Crippen LogP contribution in [0.2, 0.25) is 5.02 Å². The van der Waals surface area contributed by atoms with E-state index >= 15 is 0 Å². The molecule has 6 nitrogen and oxygen atoms in total. The number of anilines is 1. The van der Waals surface area contributed by atoms with Gasteiger partial charge in [0.2, 0.25) is 5.95 Å². The monoisotopic (exact) mass is 431 g/mol. The van der Waals surface area contributed by atoms with Gasteiger partial charge in [-0.05, 0) is 49.1 Å². The lowest BCUT2D eigenvalue weighted by molar-refractivity contribution is -0.0380. The van der Waals surface area contributed by atoms with Crippen LogP contribution < -0.4 is 10.1 Å². The average molecular weight is 432 g/mol. The molecule has 1 saturated carbocycles. The van der Waals surface area contributed by atoms with Crippen LogP contribution in [0.25, 0.3) is 0 Å². The van der Waals surface area contributed by atoms with Crippen molar-refractivity contribution in [1.29, 1.82) is 0 Å². The molecule has 2 bridgehead atoms. The molecule has 2 aliphatic heterocycles.